The van der Waals surface area contributed by atoms with Gasteiger partial charge in [0.2, 0.25) is 0 Å². The van der Waals surface area contributed by atoms with Gasteiger partial charge in [-0.1, -0.05) is 76.6 Å². The molecule has 0 aliphatic carbocycles. The minimum absolute atomic E-state index is 0. The van der Waals surface area contributed by atoms with Crippen molar-refractivity contribution in [3.8, 4) is 0 Å². The Bertz CT molecular complexity index is 740. The first-order chi connectivity index (χ1) is 10.2. The largest absolute Gasteiger partial charge is 2.00 e. The number of benzene rings is 3. The molecular formula is C18H16BrMgOP. The van der Waals surface area contributed by atoms with E-state index in [4.69, 9.17) is 0 Å². The summed E-state index contributed by atoms with van der Waals surface area (Å²) in [6.07, 6.45) is 0. The van der Waals surface area contributed by atoms with Gasteiger partial charge in [-0.15, -0.1) is 0 Å². The van der Waals surface area contributed by atoms with Gasteiger partial charge in [-0.05, 0) is 24.3 Å². The summed E-state index contributed by atoms with van der Waals surface area (Å²) in [5, 5.41) is 2.57. The van der Waals surface area contributed by atoms with E-state index < -0.39 is 7.14 Å². The summed E-state index contributed by atoms with van der Waals surface area (Å²) in [7, 11) is -2.82. The Morgan fingerprint density at radius 3 is 1.41 bits per heavy atom. The first-order valence-electron chi connectivity index (χ1n) is 6.69. The van der Waals surface area contributed by atoms with Crippen molar-refractivity contribution in [2.45, 2.75) is 0 Å². The van der Waals surface area contributed by atoms with Gasteiger partial charge in [-0.25, -0.2) is 0 Å². The van der Waals surface area contributed by atoms with E-state index in [1.54, 1.807) is 0 Å². The van der Waals surface area contributed by atoms with Crippen molar-refractivity contribution in [1.82, 2.24) is 0 Å². The topological polar surface area (TPSA) is 17.1 Å². The van der Waals surface area contributed by atoms with Crippen LogP contribution in [0.15, 0.2) is 89.4 Å². The van der Waals surface area contributed by atoms with Gasteiger partial charge in [0.05, 0.1) is 0 Å². The molecule has 0 aliphatic rings. The molecule has 0 heterocycles. The van der Waals surface area contributed by atoms with Crippen molar-refractivity contribution in [3.05, 3.63) is 89.4 Å². The van der Waals surface area contributed by atoms with E-state index in [1.807, 2.05) is 84.9 Å². The average Bonchev–Trinajstić information content (AvgIpc) is 2.56. The normalized spacial score (nSPS) is 10.8. The predicted molar refractivity (Wildman–Crippen MR) is 102 cm³/mol. The zero-order chi connectivity index (χ0) is 14.7. The van der Waals surface area contributed by atoms with Gasteiger partial charge in [-0.3, -0.25) is 0 Å². The van der Waals surface area contributed by atoms with Crippen LogP contribution in [0.1, 0.15) is 2.85 Å². The summed E-state index contributed by atoms with van der Waals surface area (Å²) < 4.78 is 14.9. The molecule has 0 spiro atoms. The van der Waals surface area contributed by atoms with Crippen LogP contribution < -0.4 is 15.9 Å². The van der Waals surface area contributed by atoms with Crippen molar-refractivity contribution in [2.24, 2.45) is 0 Å². The molecule has 0 N–H and O–H groups in total. The fourth-order valence-electron chi connectivity index (χ4n) is 2.37. The minimum atomic E-state index is -2.82. The van der Waals surface area contributed by atoms with E-state index in [2.05, 4.69) is 15.9 Å². The van der Waals surface area contributed by atoms with Gasteiger partial charge in [0.1, 0.15) is 0 Å². The average molecular weight is 384 g/mol. The second-order valence-electron chi connectivity index (χ2n) is 4.76. The van der Waals surface area contributed by atoms with Crippen molar-refractivity contribution in [2.75, 3.05) is 0 Å². The number of rotatable bonds is 3. The monoisotopic (exact) mass is 382 g/mol. The predicted octanol–water partition coefficient (Wildman–Crippen LogP) is 3.93. The summed E-state index contributed by atoms with van der Waals surface area (Å²) in [5.74, 6) is 0. The Labute approximate surface area is 158 Å². The molecule has 3 rings (SSSR count). The first-order valence-corrected chi connectivity index (χ1v) is 9.18. The summed E-state index contributed by atoms with van der Waals surface area (Å²) in [4.78, 5) is 0. The summed E-state index contributed by atoms with van der Waals surface area (Å²) in [6.45, 7) is 0. The van der Waals surface area contributed by atoms with Crippen molar-refractivity contribution >= 4 is 62.0 Å². The molecule has 0 radical (unpaired) electrons. The molecule has 0 atom stereocenters. The van der Waals surface area contributed by atoms with E-state index in [0.29, 0.717) is 0 Å². The van der Waals surface area contributed by atoms with Crippen molar-refractivity contribution in [1.29, 1.82) is 0 Å². The minimum Gasteiger partial charge on any atom is -1.00 e. The van der Waals surface area contributed by atoms with Gasteiger partial charge in [0, 0.05) is 20.4 Å². The maximum absolute atomic E-state index is 13.9. The van der Waals surface area contributed by atoms with Gasteiger partial charge in [0.15, 0.2) is 7.14 Å². The zero-order valence-electron chi connectivity index (χ0n) is 14.0. The molecular weight excluding hydrogens is 367 g/mol. The van der Waals surface area contributed by atoms with Crippen LogP contribution >= 0.6 is 23.1 Å². The molecule has 3 aromatic carbocycles. The van der Waals surface area contributed by atoms with E-state index in [0.717, 1.165) is 20.4 Å². The molecule has 0 fully saturated rings. The fourth-order valence-corrected chi connectivity index (χ4v) is 5.29. The molecule has 108 valence electrons. The van der Waals surface area contributed by atoms with E-state index >= 15 is 0 Å². The van der Waals surface area contributed by atoms with E-state index in [1.165, 1.54) is 0 Å². The molecule has 0 aliphatic heterocycles. The number of hydrogen-bond acceptors (Lipinski definition) is 1. The molecule has 3 aromatic rings. The van der Waals surface area contributed by atoms with Crippen LogP contribution in [-0.4, -0.2) is 23.1 Å². The van der Waals surface area contributed by atoms with Gasteiger partial charge in [0.25, 0.3) is 0 Å². The SMILES string of the molecule is O=P(c1ccccc1)(c1ccccc1)c1ccc(Br)cc1.[H-].[H-].[Mg+2]. The summed E-state index contributed by atoms with van der Waals surface area (Å²) in [5.41, 5.74) is 0. The first kappa shape index (κ1) is 17.5. The molecule has 1 nitrogen and oxygen atoms in total. The molecule has 0 saturated heterocycles. The van der Waals surface area contributed by atoms with Crippen LogP contribution in [0.4, 0.5) is 0 Å². The quantitative estimate of drug-likeness (QED) is 0.495. The van der Waals surface area contributed by atoms with E-state index in [9.17, 15) is 4.57 Å². The van der Waals surface area contributed by atoms with Crippen LogP contribution in [0.25, 0.3) is 0 Å². The third-order valence-electron chi connectivity index (χ3n) is 3.43. The molecule has 22 heavy (non-hydrogen) atoms. The van der Waals surface area contributed by atoms with Crippen LogP contribution in [-0.2, 0) is 4.57 Å². The van der Waals surface area contributed by atoms with Crippen molar-refractivity contribution in [3.63, 3.8) is 0 Å². The number of halogens is 1. The second-order valence-corrected chi connectivity index (χ2v) is 8.44. The van der Waals surface area contributed by atoms with Crippen LogP contribution in [0.5, 0.6) is 0 Å². The van der Waals surface area contributed by atoms with Crippen molar-refractivity contribution < 1.29 is 7.42 Å². The molecule has 0 amide bonds. The van der Waals surface area contributed by atoms with Gasteiger partial charge >= 0.3 is 23.1 Å². The maximum atomic E-state index is 13.9. The molecule has 0 bridgehead atoms. The Hall–Kier alpha value is -0.864. The number of hydrogen-bond donors (Lipinski definition) is 0. The Morgan fingerprint density at radius 2 is 1.00 bits per heavy atom. The summed E-state index contributed by atoms with van der Waals surface area (Å²) in [6, 6.07) is 27.1. The Balaban J connectivity index is 0.00000176. The third-order valence-corrected chi connectivity index (χ3v) is 7.03. The van der Waals surface area contributed by atoms with Gasteiger partial charge in [-0.2, -0.15) is 0 Å². The van der Waals surface area contributed by atoms with Crippen LogP contribution in [0, 0.1) is 0 Å². The molecule has 0 saturated carbocycles. The van der Waals surface area contributed by atoms with Crippen LogP contribution in [0.2, 0.25) is 0 Å². The molecule has 0 aromatic heterocycles. The smallest absolute Gasteiger partial charge is 1.00 e. The Morgan fingerprint density at radius 1 is 0.636 bits per heavy atom. The fraction of sp³-hybridized carbons (Fsp3) is 0. The summed E-state index contributed by atoms with van der Waals surface area (Å²) >= 11 is 3.43. The molecule has 4 heteroatoms. The third kappa shape index (κ3) is 3.38. The van der Waals surface area contributed by atoms with E-state index in [-0.39, 0.29) is 25.9 Å². The maximum Gasteiger partial charge on any atom is 2.00 e. The zero-order valence-corrected chi connectivity index (χ0v) is 15.9. The standard InChI is InChI=1S/C18H14BrOP.Mg.2H/c19-15-11-13-18(14-12-15)21(20,16-7-3-1-4-8-16)17-9-5-2-6-10-17;;;/h1-14H;;;/q;+2;2*-1. The van der Waals surface area contributed by atoms with Gasteiger partial charge < -0.3 is 7.42 Å². The molecule has 0 unspecified atom stereocenters. The van der Waals surface area contributed by atoms with Crippen LogP contribution in [0.3, 0.4) is 0 Å². The Kier molecular flexibility index (Phi) is 6.05. The second kappa shape index (κ2) is 7.61.